The number of hydrogen-bond donors (Lipinski definition) is 3. The van der Waals surface area contributed by atoms with E-state index in [0.29, 0.717) is 10.6 Å². The van der Waals surface area contributed by atoms with Gasteiger partial charge in [0.05, 0.1) is 5.56 Å². The van der Waals surface area contributed by atoms with Crippen LogP contribution in [0.3, 0.4) is 0 Å². The van der Waals surface area contributed by atoms with Crippen LogP contribution in [0.15, 0.2) is 18.2 Å². The van der Waals surface area contributed by atoms with Gasteiger partial charge in [0, 0.05) is 10.7 Å². The zero-order chi connectivity index (χ0) is 12.6. The van der Waals surface area contributed by atoms with Crippen molar-refractivity contribution in [2.24, 2.45) is 0 Å². The Morgan fingerprint density at radius 3 is 2.72 bits per heavy atom. The molecular formula is C13H16ClN3O. The summed E-state index contributed by atoms with van der Waals surface area (Å²) >= 11 is 6.01. The summed E-state index contributed by atoms with van der Waals surface area (Å²) in [7, 11) is 0. The minimum absolute atomic E-state index is 0.114. The number of carbonyl (C=O) groups excluding carboxylic acids is 1. The van der Waals surface area contributed by atoms with Crippen LogP contribution in [-0.2, 0) is 0 Å². The van der Waals surface area contributed by atoms with Crippen LogP contribution >= 0.6 is 11.6 Å². The molecule has 1 heterocycles. The molecule has 18 heavy (non-hydrogen) atoms. The number of nitrogens with one attached hydrogen (secondary N) is 3. The third kappa shape index (κ3) is 2.06. The van der Waals surface area contributed by atoms with Gasteiger partial charge in [0.25, 0.3) is 5.91 Å². The number of fused-ring (bicyclic) bond motifs is 1. The van der Waals surface area contributed by atoms with E-state index in [9.17, 15) is 4.79 Å². The summed E-state index contributed by atoms with van der Waals surface area (Å²) in [5.41, 5.74) is 7.16. The van der Waals surface area contributed by atoms with Gasteiger partial charge in [0.15, 0.2) is 0 Å². The van der Waals surface area contributed by atoms with Gasteiger partial charge in [-0.15, -0.1) is 0 Å². The van der Waals surface area contributed by atoms with E-state index in [4.69, 9.17) is 11.6 Å². The zero-order valence-electron chi connectivity index (χ0n) is 10.1. The Labute approximate surface area is 111 Å². The van der Waals surface area contributed by atoms with Gasteiger partial charge in [-0.1, -0.05) is 18.0 Å². The highest BCUT2D eigenvalue weighted by atomic mass is 35.5. The molecule has 1 aromatic carbocycles. The van der Waals surface area contributed by atoms with Gasteiger partial charge in [-0.2, -0.15) is 0 Å². The van der Waals surface area contributed by atoms with Crippen LogP contribution in [0.5, 0.6) is 0 Å². The van der Waals surface area contributed by atoms with E-state index in [0.717, 1.165) is 31.4 Å². The van der Waals surface area contributed by atoms with Crippen LogP contribution in [0.25, 0.3) is 0 Å². The summed E-state index contributed by atoms with van der Waals surface area (Å²) in [4.78, 5) is 12.0. The number of benzene rings is 1. The molecule has 0 radical (unpaired) electrons. The summed E-state index contributed by atoms with van der Waals surface area (Å²) in [6.45, 7) is 0. The Kier molecular flexibility index (Phi) is 2.92. The molecule has 3 N–H and O–H groups in total. The van der Waals surface area contributed by atoms with Crippen LogP contribution in [0.4, 0.5) is 5.69 Å². The first-order valence-electron chi connectivity index (χ1n) is 6.34. The second-order valence-corrected chi connectivity index (χ2v) is 5.47. The van der Waals surface area contributed by atoms with Gasteiger partial charge in [0.1, 0.15) is 5.66 Å². The van der Waals surface area contributed by atoms with E-state index < -0.39 is 0 Å². The fourth-order valence-electron chi connectivity index (χ4n) is 2.76. The molecular weight excluding hydrogens is 250 g/mol. The second-order valence-electron chi connectivity index (χ2n) is 5.04. The average molecular weight is 266 g/mol. The molecule has 3 rings (SSSR count). The van der Waals surface area contributed by atoms with Crippen molar-refractivity contribution in [1.29, 1.82) is 0 Å². The van der Waals surface area contributed by atoms with Crippen LogP contribution in [0.2, 0.25) is 5.02 Å². The molecule has 5 heteroatoms. The summed E-state index contributed by atoms with van der Waals surface area (Å²) in [6, 6.07) is 5.31. The standard InChI is InChI=1S/C13H16ClN3O/c14-9-4-5-10-11(8-9)15-13(17-16-12(10)18)6-2-1-3-7-13/h4-5,8,15,17H,1-3,6-7H2,(H,16,18). The minimum Gasteiger partial charge on any atom is -0.365 e. The Morgan fingerprint density at radius 1 is 1.17 bits per heavy atom. The Morgan fingerprint density at radius 2 is 1.94 bits per heavy atom. The molecule has 1 spiro atoms. The number of carbonyl (C=O) groups is 1. The lowest BCUT2D eigenvalue weighted by atomic mass is 9.89. The number of hydrogen-bond acceptors (Lipinski definition) is 3. The molecule has 0 unspecified atom stereocenters. The molecule has 1 aromatic rings. The minimum atomic E-state index is -0.232. The molecule has 0 bridgehead atoms. The van der Waals surface area contributed by atoms with Crippen molar-refractivity contribution >= 4 is 23.2 Å². The van der Waals surface area contributed by atoms with Crippen LogP contribution < -0.4 is 16.2 Å². The lowest BCUT2D eigenvalue weighted by Crippen LogP contribution is -2.58. The second kappa shape index (κ2) is 4.44. The van der Waals surface area contributed by atoms with Crippen molar-refractivity contribution in [2.45, 2.75) is 37.8 Å². The number of hydrazine groups is 1. The molecule has 1 aliphatic carbocycles. The zero-order valence-corrected chi connectivity index (χ0v) is 10.8. The maximum absolute atomic E-state index is 12.0. The highest BCUT2D eigenvalue weighted by Crippen LogP contribution is 2.33. The molecule has 1 fully saturated rings. The van der Waals surface area contributed by atoms with Gasteiger partial charge in [-0.05, 0) is 43.9 Å². The first-order valence-corrected chi connectivity index (χ1v) is 6.72. The smallest absolute Gasteiger partial charge is 0.267 e. The summed E-state index contributed by atoms with van der Waals surface area (Å²) in [5.74, 6) is -0.114. The SMILES string of the molecule is O=C1NNC2(CCCCC2)Nc2cc(Cl)ccc21. The molecule has 1 saturated carbocycles. The molecule has 1 aliphatic heterocycles. The summed E-state index contributed by atoms with van der Waals surface area (Å²) in [5, 5.41) is 4.11. The maximum Gasteiger partial charge on any atom is 0.267 e. The first-order chi connectivity index (χ1) is 8.69. The first kappa shape index (κ1) is 11.8. The van der Waals surface area contributed by atoms with E-state index >= 15 is 0 Å². The molecule has 2 aliphatic rings. The summed E-state index contributed by atoms with van der Waals surface area (Å²) in [6.07, 6.45) is 5.57. The molecule has 0 saturated heterocycles. The van der Waals surface area contributed by atoms with Gasteiger partial charge in [-0.25, -0.2) is 5.43 Å². The Balaban J connectivity index is 1.99. The maximum atomic E-state index is 12.0. The lowest BCUT2D eigenvalue weighted by Gasteiger charge is -2.38. The fourth-order valence-corrected chi connectivity index (χ4v) is 2.93. The quantitative estimate of drug-likeness (QED) is 0.676. The van der Waals surface area contributed by atoms with Crippen LogP contribution in [0, 0.1) is 0 Å². The van der Waals surface area contributed by atoms with Crippen molar-refractivity contribution in [3.63, 3.8) is 0 Å². The number of rotatable bonds is 0. The number of halogens is 1. The Bertz CT molecular complexity index is 483. The van der Waals surface area contributed by atoms with Crippen molar-refractivity contribution in [2.75, 3.05) is 5.32 Å². The largest absolute Gasteiger partial charge is 0.365 e. The van der Waals surface area contributed by atoms with Crippen molar-refractivity contribution < 1.29 is 4.79 Å². The molecule has 96 valence electrons. The van der Waals surface area contributed by atoms with E-state index in [2.05, 4.69) is 16.2 Å². The third-order valence-electron chi connectivity index (χ3n) is 3.72. The molecule has 0 aromatic heterocycles. The molecule has 0 atom stereocenters. The van der Waals surface area contributed by atoms with Gasteiger partial charge in [0.2, 0.25) is 0 Å². The predicted molar refractivity (Wildman–Crippen MR) is 71.5 cm³/mol. The Hall–Kier alpha value is -1.26. The van der Waals surface area contributed by atoms with Crippen LogP contribution in [0.1, 0.15) is 42.5 Å². The fraction of sp³-hybridized carbons (Fsp3) is 0.462. The normalized spacial score (nSPS) is 21.7. The highest BCUT2D eigenvalue weighted by molar-refractivity contribution is 6.31. The number of anilines is 1. The monoisotopic (exact) mass is 265 g/mol. The third-order valence-corrected chi connectivity index (χ3v) is 3.96. The van der Waals surface area contributed by atoms with Crippen molar-refractivity contribution in [1.82, 2.24) is 10.9 Å². The van der Waals surface area contributed by atoms with Crippen LogP contribution in [-0.4, -0.2) is 11.6 Å². The number of amides is 1. The summed E-state index contributed by atoms with van der Waals surface area (Å²) < 4.78 is 0. The van der Waals surface area contributed by atoms with E-state index in [1.807, 2.05) is 6.07 Å². The highest BCUT2D eigenvalue weighted by Gasteiger charge is 2.35. The molecule has 4 nitrogen and oxygen atoms in total. The van der Waals surface area contributed by atoms with E-state index in [-0.39, 0.29) is 11.6 Å². The average Bonchev–Trinajstić information content (AvgIpc) is 2.49. The van der Waals surface area contributed by atoms with Gasteiger partial charge >= 0.3 is 0 Å². The molecule has 1 amide bonds. The van der Waals surface area contributed by atoms with Gasteiger partial charge in [-0.3, -0.25) is 10.2 Å². The van der Waals surface area contributed by atoms with Gasteiger partial charge < -0.3 is 5.32 Å². The topological polar surface area (TPSA) is 53.2 Å². The predicted octanol–water partition coefficient (Wildman–Crippen LogP) is 2.66. The van der Waals surface area contributed by atoms with Crippen molar-refractivity contribution in [3.05, 3.63) is 28.8 Å². The van der Waals surface area contributed by atoms with E-state index in [1.54, 1.807) is 12.1 Å². The van der Waals surface area contributed by atoms with Crippen molar-refractivity contribution in [3.8, 4) is 0 Å². The van der Waals surface area contributed by atoms with E-state index in [1.165, 1.54) is 6.42 Å². The lowest BCUT2D eigenvalue weighted by molar-refractivity contribution is 0.0906.